The van der Waals surface area contributed by atoms with E-state index in [1.807, 2.05) is 36.4 Å². The van der Waals surface area contributed by atoms with Crippen LogP contribution in [0.4, 0.5) is 22.7 Å². The van der Waals surface area contributed by atoms with Crippen LogP contribution in [-0.4, -0.2) is 31.4 Å². The minimum absolute atomic E-state index is 0.0329. The zero-order chi connectivity index (χ0) is 19.1. The van der Waals surface area contributed by atoms with Gasteiger partial charge in [-0.2, -0.15) is 0 Å². The zero-order valence-electron chi connectivity index (χ0n) is 15.6. The molecule has 0 aliphatic carbocycles. The molecule has 0 atom stereocenters. The largest absolute Gasteiger partial charge is 0.384 e. The van der Waals surface area contributed by atoms with Gasteiger partial charge in [-0.15, -0.1) is 0 Å². The van der Waals surface area contributed by atoms with E-state index in [0.29, 0.717) is 13.0 Å². The summed E-state index contributed by atoms with van der Waals surface area (Å²) in [5, 5.41) is 8.87. The number of carbonyl (C=O) groups is 2. The lowest BCUT2D eigenvalue weighted by molar-refractivity contribution is -0.116. The van der Waals surface area contributed by atoms with Crippen LogP contribution in [0, 0.1) is 0 Å². The number of nitrogens with one attached hydrogen (secondary N) is 3. The van der Waals surface area contributed by atoms with E-state index < -0.39 is 0 Å². The number of benzene rings is 2. The first-order valence-electron chi connectivity index (χ1n) is 9.36. The molecule has 1 saturated heterocycles. The van der Waals surface area contributed by atoms with Crippen molar-refractivity contribution >= 4 is 34.6 Å². The average Bonchev–Trinajstić information content (AvgIpc) is 3.17. The maximum atomic E-state index is 12.1. The Bertz CT molecular complexity index is 783. The molecule has 2 aromatic rings. The lowest BCUT2D eigenvalue weighted by Crippen LogP contribution is -2.18. The smallest absolute Gasteiger partial charge is 0.226 e. The van der Waals surface area contributed by atoms with E-state index in [-0.39, 0.29) is 11.8 Å². The Hall–Kier alpha value is -3.02. The number of hydrogen-bond donors (Lipinski definition) is 3. The highest BCUT2D eigenvalue weighted by Crippen LogP contribution is 2.22. The van der Waals surface area contributed by atoms with Crippen molar-refractivity contribution < 1.29 is 9.59 Å². The predicted octanol–water partition coefficient (Wildman–Crippen LogP) is 3.69. The van der Waals surface area contributed by atoms with Crippen LogP contribution in [0.25, 0.3) is 0 Å². The molecule has 6 nitrogen and oxygen atoms in total. The van der Waals surface area contributed by atoms with Crippen LogP contribution in [-0.2, 0) is 9.59 Å². The third-order valence-electron chi connectivity index (χ3n) is 4.49. The van der Waals surface area contributed by atoms with Crippen LogP contribution in [0.5, 0.6) is 0 Å². The first-order valence-corrected chi connectivity index (χ1v) is 9.36. The second kappa shape index (κ2) is 9.07. The van der Waals surface area contributed by atoms with Gasteiger partial charge in [0.15, 0.2) is 0 Å². The van der Waals surface area contributed by atoms with Gasteiger partial charge in [0.25, 0.3) is 0 Å². The van der Waals surface area contributed by atoms with Crippen LogP contribution >= 0.6 is 0 Å². The highest BCUT2D eigenvalue weighted by molar-refractivity contribution is 5.91. The fourth-order valence-corrected chi connectivity index (χ4v) is 3.18. The predicted molar refractivity (Wildman–Crippen MR) is 110 cm³/mol. The van der Waals surface area contributed by atoms with E-state index in [1.165, 1.54) is 25.5 Å². The molecule has 2 aromatic carbocycles. The van der Waals surface area contributed by atoms with E-state index >= 15 is 0 Å². The molecule has 1 aliphatic rings. The van der Waals surface area contributed by atoms with E-state index in [9.17, 15) is 9.59 Å². The van der Waals surface area contributed by atoms with Crippen LogP contribution in [0.3, 0.4) is 0 Å². The molecule has 142 valence electrons. The average molecular weight is 366 g/mol. The van der Waals surface area contributed by atoms with Crippen molar-refractivity contribution in [3.63, 3.8) is 0 Å². The first kappa shape index (κ1) is 18.8. The molecular formula is C21H26N4O2. The Kier molecular flexibility index (Phi) is 6.30. The zero-order valence-corrected chi connectivity index (χ0v) is 15.6. The van der Waals surface area contributed by atoms with E-state index in [4.69, 9.17) is 0 Å². The van der Waals surface area contributed by atoms with Gasteiger partial charge in [0.1, 0.15) is 0 Å². The number of carbonyl (C=O) groups excluding carboxylic acids is 2. The monoisotopic (exact) mass is 366 g/mol. The third-order valence-corrected chi connectivity index (χ3v) is 4.49. The molecule has 1 heterocycles. The molecule has 27 heavy (non-hydrogen) atoms. The van der Waals surface area contributed by atoms with Gasteiger partial charge in [-0.1, -0.05) is 6.07 Å². The van der Waals surface area contributed by atoms with Gasteiger partial charge >= 0.3 is 0 Å². The van der Waals surface area contributed by atoms with Gasteiger partial charge in [0.2, 0.25) is 11.8 Å². The van der Waals surface area contributed by atoms with E-state index in [0.717, 1.165) is 30.2 Å². The summed E-state index contributed by atoms with van der Waals surface area (Å²) in [6, 6.07) is 15.5. The van der Waals surface area contributed by atoms with E-state index in [1.54, 1.807) is 0 Å². The normalized spacial score (nSPS) is 13.3. The van der Waals surface area contributed by atoms with Crippen LogP contribution < -0.4 is 20.9 Å². The summed E-state index contributed by atoms with van der Waals surface area (Å²) in [5.41, 5.74) is 3.63. The van der Waals surface area contributed by atoms with Crippen LogP contribution in [0.2, 0.25) is 0 Å². The molecule has 3 rings (SSSR count). The van der Waals surface area contributed by atoms with Crippen molar-refractivity contribution in [1.82, 2.24) is 0 Å². The number of anilines is 4. The highest BCUT2D eigenvalue weighted by Gasteiger charge is 2.12. The molecule has 6 heteroatoms. The van der Waals surface area contributed by atoms with Crippen LogP contribution in [0.1, 0.15) is 26.2 Å². The highest BCUT2D eigenvalue weighted by atomic mass is 16.2. The summed E-state index contributed by atoms with van der Waals surface area (Å²) < 4.78 is 0. The number of hydrogen-bond acceptors (Lipinski definition) is 4. The van der Waals surface area contributed by atoms with Gasteiger partial charge in [-0.25, -0.2) is 0 Å². The fourth-order valence-electron chi connectivity index (χ4n) is 3.18. The summed E-state index contributed by atoms with van der Waals surface area (Å²) >= 11 is 0. The van der Waals surface area contributed by atoms with Gasteiger partial charge in [0, 0.05) is 55.7 Å². The Balaban J connectivity index is 1.43. The molecule has 0 aromatic heterocycles. The summed E-state index contributed by atoms with van der Waals surface area (Å²) in [7, 11) is 0. The van der Waals surface area contributed by atoms with Crippen LogP contribution in [0.15, 0.2) is 48.5 Å². The Labute approximate surface area is 159 Å². The standard InChI is InChI=1S/C21H26N4O2/c1-16(26)23-19-6-4-5-18(15-19)22-12-11-21(27)24-17-7-9-20(10-8-17)25-13-2-3-14-25/h4-10,15,22H,2-3,11-14H2,1H3,(H,23,26)(H,24,27). The van der Waals surface area contributed by atoms with Crippen molar-refractivity contribution in [2.75, 3.05) is 40.5 Å². The Morgan fingerprint density at radius 3 is 2.33 bits per heavy atom. The molecule has 2 amide bonds. The molecule has 0 radical (unpaired) electrons. The molecule has 3 N–H and O–H groups in total. The maximum Gasteiger partial charge on any atom is 0.226 e. The molecule has 0 unspecified atom stereocenters. The molecule has 0 bridgehead atoms. The minimum atomic E-state index is -0.109. The molecule has 1 aliphatic heterocycles. The maximum absolute atomic E-state index is 12.1. The fraction of sp³-hybridized carbons (Fsp3) is 0.333. The Morgan fingerprint density at radius 1 is 0.926 bits per heavy atom. The molecule has 1 fully saturated rings. The van der Waals surface area contributed by atoms with Crippen molar-refractivity contribution in [2.45, 2.75) is 26.2 Å². The number of amides is 2. The van der Waals surface area contributed by atoms with Gasteiger partial charge in [0.05, 0.1) is 0 Å². The van der Waals surface area contributed by atoms with Gasteiger partial charge < -0.3 is 20.9 Å². The van der Waals surface area contributed by atoms with Crippen molar-refractivity contribution in [2.24, 2.45) is 0 Å². The molecule has 0 saturated carbocycles. The molecule has 0 spiro atoms. The quantitative estimate of drug-likeness (QED) is 0.699. The lowest BCUT2D eigenvalue weighted by Gasteiger charge is -2.17. The van der Waals surface area contributed by atoms with Gasteiger partial charge in [-0.05, 0) is 55.3 Å². The van der Waals surface area contributed by atoms with Gasteiger partial charge in [-0.3, -0.25) is 9.59 Å². The first-order chi connectivity index (χ1) is 13.1. The summed E-state index contributed by atoms with van der Waals surface area (Å²) in [6.07, 6.45) is 2.86. The summed E-state index contributed by atoms with van der Waals surface area (Å²) in [4.78, 5) is 25.6. The second-order valence-corrected chi connectivity index (χ2v) is 6.73. The third kappa shape index (κ3) is 5.74. The van der Waals surface area contributed by atoms with Crippen molar-refractivity contribution in [3.8, 4) is 0 Å². The molecular weight excluding hydrogens is 340 g/mol. The SMILES string of the molecule is CC(=O)Nc1cccc(NCCC(=O)Nc2ccc(N3CCCC3)cc2)c1. The van der Waals surface area contributed by atoms with E-state index in [2.05, 4.69) is 33.0 Å². The number of rotatable bonds is 7. The lowest BCUT2D eigenvalue weighted by atomic mass is 10.2. The van der Waals surface area contributed by atoms with Crippen molar-refractivity contribution in [3.05, 3.63) is 48.5 Å². The Morgan fingerprint density at radius 2 is 1.63 bits per heavy atom. The topological polar surface area (TPSA) is 73.5 Å². The summed E-state index contributed by atoms with van der Waals surface area (Å²) in [5.74, 6) is -0.142. The number of nitrogens with zero attached hydrogens (tertiary/aromatic N) is 1. The summed E-state index contributed by atoms with van der Waals surface area (Å²) in [6.45, 7) is 4.21. The van der Waals surface area contributed by atoms with Crippen molar-refractivity contribution in [1.29, 1.82) is 0 Å². The minimum Gasteiger partial charge on any atom is -0.384 e. The second-order valence-electron chi connectivity index (χ2n) is 6.73.